The fraction of sp³-hybridized carbons (Fsp3) is 0.192. The standard InChI is InChI=1S/C26H25N3O5/c1-4-34-20-10-7-18(8-11-20)23-24(28-19-9-12-21(32-2)22(14-19)33-3)26(31)29(25(23)30)16-17-6-5-13-27-15-17/h5-15,28H,4,16H2,1-3H3. The minimum Gasteiger partial charge on any atom is -0.494 e. The summed E-state index contributed by atoms with van der Waals surface area (Å²) in [4.78, 5) is 32.2. The molecule has 0 atom stereocenters. The van der Waals surface area contributed by atoms with Gasteiger partial charge in [-0.05, 0) is 48.4 Å². The summed E-state index contributed by atoms with van der Waals surface area (Å²) in [6.07, 6.45) is 3.28. The van der Waals surface area contributed by atoms with Crippen LogP contribution in [0.3, 0.4) is 0 Å². The third-order valence-corrected chi connectivity index (χ3v) is 5.34. The molecule has 34 heavy (non-hydrogen) atoms. The minimum absolute atomic E-state index is 0.114. The maximum absolute atomic E-state index is 13.5. The number of hydrogen-bond acceptors (Lipinski definition) is 7. The van der Waals surface area contributed by atoms with Crippen molar-refractivity contribution >= 4 is 23.1 Å². The van der Waals surface area contributed by atoms with Gasteiger partial charge in [-0.2, -0.15) is 0 Å². The molecule has 0 unspecified atom stereocenters. The number of benzene rings is 2. The Morgan fingerprint density at radius 3 is 2.35 bits per heavy atom. The summed E-state index contributed by atoms with van der Waals surface area (Å²) in [6, 6.07) is 15.9. The summed E-state index contributed by atoms with van der Waals surface area (Å²) in [6.45, 7) is 2.55. The Balaban J connectivity index is 1.73. The number of rotatable bonds is 9. The van der Waals surface area contributed by atoms with Crippen molar-refractivity contribution in [1.82, 2.24) is 9.88 Å². The number of hydrogen-bond donors (Lipinski definition) is 1. The molecule has 174 valence electrons. The molecule has 8 heteroatoms. The number of ether oxygens (including phenoxy) is 3. The quantitative estimate of drug-likeness (QED) is 0.486. The van der Waals surface area contributed by atoms with Gasteiger partial charge in [-0.25, -0.2) is 0 Å². The predicted octanol–water partition coefficient (Wildman–Crippen LogP) is 3.89. The largest absolute Gasteiger partial charge is 0.494 e. The monoisotopic (exact) mass is 459 g/mol. The molecule has 1 aliphatic heterocycles. The molecule has 2 heterocycles. The third kappa shape index (κ3) is 4.56. The van der Waals surface area contributed by atoms with Crippen molar-refractivity contribution < 1.29 is 23.8 Å². The highest BCUT2D eigenvalue weighted by atomic mass is 16.5. The van der Waals surface area contributed by atoms with E-state index >= 15 is 0 Å². The van der Waals surface area contributed by atoms with Crippen LogP contribution in [-0.4, -0.2) is 42.5 Å². The zero-order valence-electron chi connectivity index (χ0n) is 19.2. The molecule has 2 aromatic carbocycles. The summed E-state index contributed by atoms with van der Waals surface area (Å²) >= 11 is 0. The molecule has 0 fully saturated rings. The minimum atomic E-state index is -0.424. The SMILES string of the molecule is CCOc1ccc(C2=C(Nc3ccc(OC)c(OC)c3)C(=O)N(Cc3cccnc3)C2=O)cc1. The Bertz CT molecular complexity index is 1220. The van der Waals surface area contributed by atoms with Gasteiger partial charge in [0.15, 0.2) is 11.5 Å². The highest BCUT2D eigenvalue weighted by molar-refractivity contribution is 6.36. The number of methoxy groups -OCH3 is 2. The van der Waals surface area contributed by atoms with E-state index in [-0.39, 0.29) is 23.7 Å². The lowest BCUT2D eigenvalue weighted by atomic mass is 10.0. The van der Waals surface area contributed by atoms with Crippen LogP contribution in [0, 0.1) is 0 Å². The van der Waals surface area contributed by atoms with E-state index in [1.807, 2.05) is 13.0 Å². The molecule has 4 rings (SSSR count). The number of anilines is 1. The Morgan fingerprint density at radius 2 is 1.71 bits per heavy atom. The molecule has 1 aliphatic rings. The van der Waals surface area contributed by atoms with E-state index in [0.29, 0.717) is 35.1 Å². The zero-order chi connectivity index (χ0) is 24.1. The van der Waals surface area contributed by atoms with Gasteiger partial charge in [0.25, 0.3) is 11.8 Å². The van der Waals surface area contributed by atoms with Crippen LogP contribution in [0.2, 0.25) is 0 Å². The van der Waals surface area contributed by atoms with Crippen LogP contribution < -0.4 is 19.5 Å². The molecule has 0 aliphatic carbocycles. The molecule has 0 bridgehead atoms. The lowest BCUT2D eigenvalue weighted by molar-refractivity contribution is -0.137. The topological polar surface area (TPSA) is 90.0 Å². The van der Waals surface area contributed by atoms with Crippen LogP contribution in [0.4, 0.5) is 5.69 Å². The zero-order valence-corrected chi connectivity index (χ0v) is 19.2. The van der Waals surface area contributed by atoms with Crippen molar-refractivity contribution in [3.05, 3.63) is 83.8 Å². The van der Waals surface area contributed by atoms with E-state index in [2.05, 4.69) is 10.3 Å². The second kappa shape index (κ2) is 10.1. The first kappa shape index (κ1) is 22.8. The molecule has 8 nitrogen and oxygen atoms in total. The number of carbonyl (C=O) groups is 2. The molecule has 0 saturated heterocycles. The van der Waals surface area contributed by atoms with Crippen molar-refractivity contribution in [2.75, 3.05) is 26.1 Å². The van der Waals surface area contributed by atoms with Gasteiger partial charge >= 0.3 is 0 Å². The molecular formula is C26H25N3O5. The first-order chi connectivity index (χ1) is 16.5. The summed E-state index contributed by atoms with van der Waals surface area (Å²) in [5.74, 6) is 0.930. The smallest absolute Gasteiger partial charge is 0.278 e. The van der Waals surface area contributed by atoms with E-state index in [9.17, 15) is 9.59 Å². The molecule has 2 amide bonds. The Labute approximate surface area is 197 Å². The second-order valence-electron chi connectivity index (χ2n) is 7.46. The van der Waals surface area contributed by atoms with Crippen molar-refractivity contribution in [3.63, 3.8) is 0 Å². The lowest BCUT2D eigenvalue weighted by Crippen LogP contribution is -2.32. The number of carbonyl (C=O) groups excluding carboxylic acids is 2. The number of imide groups is 1. The van der Waals surface area contributed by atoms with Crippen LogP contribution in [0.5, 0.6) is 17.2 Å². The van der Waals surface area contributed by atoms with Gasteiger partial charge < -0.3 is 19.5 Å². The number of nitrogens with zero attached hydrogens (tertiary/aromatic N) is 2. The van der Waals surface area contributed by atoms with Gasteiger partial charge in [-0.15, -0.1) is 0 Å². The summed E-state index contributed by atoms with van der Waals surface area (Å²) in [5, 5.41) is 3.14. The van der Waals surface area contributed by atoms with Crippen LogP contribution in [-0.2, 0) is 16.1 Å². The average Bonchev–Trinajstić information content (AvgIpc) is 3.09. The highest BCUT2D eigenvalue weighted by Gasteiger charge is 2.39. The van der Waals surface area contributed by atoms with E-state index in [1.54, 1.807) is 68.0 Å². The van der Waals surface area contributed by atoms with Gasteiger partial charge in [-0.1, -0.05) is 18.2 Å². The Hall–Kier alpha value is -4.33. The Kier molecular flexibility index (Phi) is 6.77. The maximum atomic E-state index is 13.5. The first-order valence-electron chi connectivity index (χ1n) is 10.8. The summed E-state index contributed by atoms with van der Waals surface area (Å²) in [5.41, 5.74) is 2.42. The van der Waals surface area contributed by atoms with Crippen molar-refractivity contribution in [1.29, 1.82) is 0 Å². The van der Waals surface area contributed by atoms with E-state index < -0.39 is 5.91 Å². The highest BCUT2D eigenvalue weighted by Crippen LogP contribution is 2.35. The molecule has 1 aromatic heterocycles. The van der Waals surface area contributed by atoms with Gasteiger partial charge in [0.1, 0.15) is 11.4 Å². The molecule has 0 spiro atoms. The van der Waals surface area contributed by atoms with Crippen LogP contribution in [0.1, 0.15) is 18.1 Å². The van der Waals surface area contributed by atoms with Gasteiger partial charge in [-0.3, -0.25) is 19.5 Å². The van der Waals surface area contributed by atoms with Crippen molar-refractivity contribution in [2.24, 2.45) is 0 Å². The molecule has 3 aromatic rings. The number of amides is 2. The number of pyridine rings is 1. The van der Waals surface area contributed by atoms with Crippen LogP contribution >= 0.6 is 0 Å². The summed E-state index contributed by atoms with van der Waals surface area (Å²) < 4.78 is 16.2. The molecular weight excluding hydrogens is 434 g/mol. The van der Waals surface area contributed by atoms with Crippen molar-refractivity contribution in [3.8, 4) is 17.2 Å². The van der Waals surface area contributed by atoms with E-state index in [0.717, 1.165) is 5.56 Å². The van der Waals surface area contributed by atoms with E-state index in [1.165, 1.54) is 12.0 Å². The number of nitrogens with one attached hydrogen (secondary N) is 1. The molecule has 0 saturated carbocycles. The molecule has 1 N–H and O–H groups in total. The van der Waals surface area contributed by atoms with Gasteiger partial charge in [0.2, 0.25) is 0 Å². The fourth-order valence-corrected chi connectivity index (χ4v) is 3.72. The molecule has 0 radical (unpaired) electrons. The number of aromatic nitrogens is 1. The van der Waals surface area contributed by atoms with Gasteiger partial charge in [0, 0.05) is 24.1 Å². The maximum Gasteiger partial charge on any atom is 0.278 e. The fourth-order valence-electron chi connectivity index (χ4n) is 3.72. The normalized spacial score (nSPS) is 13.3. The van der Waals surface area contributed by atoms with Crippen LogP contribution in [0.25, 0.3) is 5.57 Å². The average molecular weight is 460 g/mol. The summed E-state index contributed by atoms with van der Waals surface area (Å²) in [7, 11) is 3.08. The third-order valence-electron chi connectivity index (χ3n) is 5.34. The Morgan fingerprint density at radius 1 is 0.941 bits per heavy atom. The van der Waals surface area contributed by atoms with Crippen molar-refractivity contribution in [2.45, 2.75) is 13.5 Å². The van der Waals surface area contributed by atoms with Gasteiger partial charge in [0.05, 0.1) is 32.9 Å². The first-order valence-corrected chi connectivity index (χ1v) is 10.8. The van der Waals surface area contributed by atoms with Crippen LogP contribution in [0.15, 0.2) is 72.7 Å². The predicted molar refractivity (Wildman–Crippen MR) is 127 cm³/mol. The second-order valence-corrected chi connectivity index (χ2v) is 7.46. The van der Waals surface area contributed by atoms with E-state index in [4.69, 9.17) is 14.2 Å². The lowest BCUT2D eigenvalue weighted by Gasteiger charge is -2.15.